The molecule has 0 aromatic heterocycles. The highest BCUT2D eigenvalue weighted by Gasteiger charge is 2.24. The first-order chi connectivity index (χ1) is 12.9. The molecule has 1 N–H and O–H groups in total. The number of ether oxygens (including phenoxy) is 3. The Morgan fingerprint density at radius 2 is 1.89 bits per heavy atom. The predicted octanol–water partition coefficient (Wildman–Crippen LogP) is 3.89. The number of carbonyl (C=O) groups excluding carboxylic acids is 2. The van der Waals surface area contributed by atoms with Crippen molar-refractivity contribution < 1.29 is 23.8 Å². The lowest BCUT2D eigenvalue weighted by Gasteiger charge is -2.28. The van der Waals surface area contributed by atoms with Crippen molar-refractivity contribution in [2.45, 2.75) is 58.6 Å². The monoisotopic (exact) mass is 375 g/mol. The van der Waals surface area contributed by atoms with Crippen molar-refractivity contribution in [3.05, 3.63) is 41.2 Å². The Bertz CT molecular complexity index is 690. The van der Waals surface area contributed by atoms with Crippen LogP contribution in [0.5, 0.6) is 0 Å². The van der Waals surface area contributed by atoms with Crippen LogP contribution in [-0.2, 0) is 19.0 Å². The van der Waals surface area contributed by atoms with Crippen LogP contribution in [0.4, 0.5) is 4.79 Å². The van der Waals surface area contributed by atoms with Crippen LogP contribution in [0, 0.1) is 13.8 Å². The van der Waals surface area contributed by atoms with E-state index in [4.69, 9.17) is 14.2 Å². The van der Waals surface area contributed by atoms with Gasteiger partial charge in [-0.2, -0.15) is 0 Å². The highest BCUT2D eigenvalue weighted by Crippen LogP contribution is 2.24. The van der Waals surface area contributed by atoms with Crippen molar-refractivity contribution in [3.63, 3.8) is 0 Å². The van der Waals surface area contributed by atoms with E-state index in [1.165, 1.54) is 6.26 Å². The maximum Gasteiger partial charge on any atom is 0.513 e. The molecule has 148 valence electrons. The molecule has 1 fully saturated rings. The quantitative estimate of drug-likeness (QED) is 0.464. The number of nitrogens with one attached hydrogen (secondary N) is 1. The van der Waals surface area contributed by atoms with Gasteiger partial charge in [-0.25, -0.2) is 4.79 Å². The van der Waals surface area contributed by atoms with E-state index in [-0.39, 0.29) is 24.7 Å². The van der Waals surface area contributed by atoms with E-state index >= 15 is 0 Å². The van der Waals surface area contributed by atoms with E-state index in [0.717, 1.165) is 42.4 Å². The number of benzene rings is 1. The van der Waals surface area contributed by atoms with Gasteiger partial charge in [0.25, 0.3) is 5.91 Å². The van der Waals surface area contributed by atoms with Gasteiger partial charge in [0.2, 0.25) is 0 Å². The molecule has 0 heterocycles. The van der Waals surface area contributed by atoms with Crippen LogP contribution in [0.2, 0.25) is 0 Å². The summed E-state index contributed by atoms with van der Waals surface area (Å²) in [6, 6.07) is 5.92. The van der Waals surface area contributed by atoms with Gasteiger partial charge in [0.05, 0.1) is 18.3 Å². The second-order valence-electron chi connectivity index (χ2n) is 6.83. The summed E-state index contributed by atoms with van der Waals surface area (Å²) < 4.78 is 15.2. The molecule has 0 saturated heterocycles. The number of rotatable bonds is 6. The second kappa shape index (κ2) is 10.1. The molecule has 2 rings (SSSR count). The second-order valence-corrected chi connectivity index (χ2v) is 6.83. The van der Waals surface area contributed by atoms with Gasteiger partial charge in [-0.3, -0.25) is 4.79 Å². The molecule has 0 unspecified atom stereocenters. The fourth-order valence-corrected chi connectivity index (χ4v) is 3.23. The topological polar surface area (TPSA) is 73.9 Å². The predicted molar refractivity (Wildman–Crippen MR) is 103 cm³/mol. The average Bonchev–Trinajstić information content (AvgIpc) is 2.65. The van der Waals surface area contributed by atoms with E-state index in [2.05, 4.69) is 5.32 Å². The van der Waals surface area contributed by atoms with Crippen LogP contribution in [0.25, 0.3) is 5.57 Å². The van der Waals surface area contributed by atoms with Crippen molar-refractivity contribution in [1.29, 1.82) is 0 Å². The van der Waals surface area contributed by atoms with Crippen molar-refractivity contribution in [1.82, 2.24) is 5.32 Å². The molecule has 0 radical (unpaired) electrons. The Morgan fingerprint density at radius 1 is 1.19 bits per heavy atom. The minimum absolute atomic E-state index is 0.0833. The molecule has 1 saturated carbocycles. The fraction of sp³-hybridized carbons (Fsp3) is 0.524. The van der Waals surface area contributed by atoms with Crippen molar-refractivity contribution in [3.8, 4) is 0 Å². The fourth-order valence-electron chi connectivity index (χ4n) is 3.23. The zero-order valence-corrected chi connectivity index (χ0v) is 16.5. The molecule has 0 aliphatic heterocycles. The first kappa shape index (κ1) is 21.0. The molecule has 0 spiro atoms. The summed E-state index contributed by atoms with van der Waals surface area (Å²) in [5.41, 5.74) is 3.00. The summed E-state index contributed by atoms with van der Waals surface area (Å²) in [6.45, 7) is 5.78. The number of hydrogen-bond donors (Lipinski definition) is 1. The van der Waals surface area contributed by atoms with Crippen LogP contribution >= 0.6 is 0 Å². The van der Waals surface area contributed by atoms with E-state index in [9.17, 15) is 9.59 Å². The minimum atomic E-state index is -0.825. The number of aryl methyl sites for hydroxylation is 2. The van der Waals surface area contributed by atoms with Crippen molar-refractivity contribution in [2.24, 2.45) is 0 Å². The maximum absolute atomic E-state index is 13.0. The molecule has 6 nitrogen and oxygen atoms in total. The molecule has 27 heavy (non-hydrogen) atoms. The van der Waals surface area contributed by atoms with Gasteiger partial charge in [0.1, 0.15) is 6.26 Å². The summed E-state index contributed by atoms with van der Waals surface area (Å²) in [6.07, 6.45) is 4.20. The zero-order valence-electron chi connectivity index (χ0n) is 16.5. The summed E-state index contributed by atoms with van der Waals surface area (Å²) in [5, 5.41) is 3.07. The third-order valence-electron chi connectivity index (χ3n) is 4.81. The first-order valence-corrected chi connectivity index (χ1v) is 9.39. The summed E-state index contributed by atoms with van der Waals surface area (Å²) >= 11 is 0. The Balaban J connectivity index is 2.18. The smallest absolute Gasteiger partial charge is 0.434 e. The number of methoxy groups -OCH3 is 1. The molecule has 0 atom stereocenters. The third-order valence-corrected chi connectivity index (χ3v) is 4.81. The van der Waals surface area contributed by atoms with Crippen molar-refractivity contribution >= 4 is 17.6 Å². The van der Waals surface area contributed by atoms with E-state index < -0.39 is 6.16 Å². The van der Waals surface area contributed by atoms with Gasteiger partial charge in [-0.15, -0.1) is 0 Å². The average molecular weight is 375 g/mol. The van der Waals surface area contributed by atoms with E-state index in [0.29, 0.717) is 5.57 Å². The molecule has 1 aromatic rings. The lowest BCUT2D eigenvalue weighted by Crippen LogP contribution is -2.39. The largest absolute Gasteiger partial charge is 0.513 e. The maximum atomic E-state index is 13.0. The van der Waals surface area contributed by atoms with Gasteiger partial charge in [0.15, 0.2) is 0 Å². The van der Waals surface area contributed by atoms with Crippen LogP contribution in [0.1, 0.15) is 49.3 Å². The molecule has 1 aliphatic rings. The summed E-state index contributed by atoms with van der Waals surface area (Å²) in [5.74, 6) is -0.256. The molecular formula is C21H29NO5. The van der Waals surface area contributed by atoms with Crippen LogP contribution in [0.15, 0.2) is 24.5 Å². The minimum Gasteiger partial charge on any atom is -0.434 e. The van der Waals surface area contributed by atoms with Gasteiger partial charge in [-0.05, 0) is 57.6 Å². The normalized spacial score (nSPS) is 20.1. The zero-order chi connectivity index (χ0) is 19.8. The lowest BCUT2D eigenvalue weighted by atomic mass is 9.92. The number of carbonyl (C=O) groups is 2. The van der Waals surface area contributed by atoms with Crippen LogP contribution in [0.3, 0.4) is 0 Å². The Hall–Kier alpha value is -2.34. The van der Waals surface area contributed by atoms with E-state index in [1.807, 2.05) is 32.0 Å². The van der Waals surface area contributed by atoms with Crippen LogP contribution < -0.4 is 5.32 Å². The standard InChI is InChI=1S/C21H29NO5/c1-5-26-21(24)27-13-19(18-12-14(2)6-7-15(18)3)20(23)22-16-8-10-17(25-4)11-9-16/h6-7,12-13,16-17H,5,8-11H2,1-4H3,(H,22,23)/b19-13+. The highest BCUT2D eigenvalue weighted by atomic mass is 16.7. The molecular weight excluding hydrogens is 346 g/mol. The Morgan fingerprint density at radius 3 is 2.52 bits per heavy atom. The van der Waals surface area contributed by atoms with Gasteiger partial charge in [-0.1, -0.05) is 23.8 Å². The Labute approximate surface area is 160 Å². The molecule has 6 heteroatoms. The number of hydrogen-bond acceptors (Lipinski definition) is 5. The van der Waals surface area contributed by atoms with E-state index in [1.54, 1.807) is 14.0 Å². The number of amides is 1. The summed E-state index contributed by atoms with van der Waals surface area (Å²) in [7, 11) is 1.72. The third kappa shape index (κ3) is 6.10. The Kier molecular flexibility index (Phi) is 7.85. The van der Waals surface area contributed by atoms with Crippen molar-refractivity contribution in [2.75, 3.05) is 13.7 Å². The van der Waals surface area contributed by atoms with Gasteiger partial charge < -0.3 is 19.5 Å². The lowest BCUT2D eigenvalue weighted by molar-refractivity contribution is -0.116. The molecule has 1 amide bonds. The first-order valence-electron chi connectivity index (χ1n) is 9.39. The van der Waals surface area contributed by atoms with Gasteiger partial charge >= 0.3 is 6.16 Å². The SMILES string of the molecule is CCOC(=O)O/C=C(/C(=O)NC1CCC(OC)CC1)c1cc(C)ccc1C. The van der Waals surface area contributed by atoms with Gasteiger partial charge in [0, 0.05) is 13.2 Å². The molecule has 1 aliphatic carbocycles. The molecule has 1 aromatic carbocycles. The highest BCUT2D eigenvalue weighted by molar-refractivity contribution is 6.19. The molecule has 0 bridgehead atoms. The van der Waals surface area contributed by atoms with Crippen LogP contribution in [-0.4, -0.2) is 37.9 Å². The summed E-state index contributed by atoms with van der Waals surface area (Å²) in [4.78, 5) is 24.5.